The molecule has 0 fully saturated rings. The topological polar surface area (TPSA) is 51.2 Å². The Labute approximate surface area is 104 Å². The minimum atomic E-state index is -0.899. The molecule has 0 saturated heterocycles. The molecular weight excluding hydrogens is 238 g/mol. The smallest absolute Gasteiger partial charge is 0.163 e. The van der Waals surface area contributed by atoms with E-state index in [1.807, 2.05) is 6.92 Å². The number of hydrogen-bond donors (Lipinski definition) is 2. The monoisotopic (exact) mass is 252 g/mol. The highest BCUT2D eigenvalue weighted by Crippen LogP contribution is 2.28. The largest absolute Gasteiger partial charge is 0.469 e. The number of furan rings is 1. The van der Waals surface area contributed by atoms with E-state index in [-0.39, 0.29) is 5.56 Å². The minimum absolute atomic E-state index is 0.161. The maximum absolute atomic E-state index is 13.8. The van der Waals surface area contributed by atoms with Crippen molar-refractivity contribution in [2.45, 2.75) is 19.4 Å². The molecule has 1 aromatic heterocycles. The molecule has 0 saturated carbocycles. The quantitative estimate of drug-likeness (QED) is 0.649. The predicted molar refractivity (Wildman–Crippen MR) is 63.6 cm³/mol. The number of rotatable bonds is 4. The summed E-state index contributed by atoms with van der Waals surface area (Å²) in [5.41, 5.74) is 3.37. The fraction of sp³-hybridized carbons (Fsp3) is 0.231. The van der Waals surface area contributed by atoms with Crippen LogP contribution >= 0.6 is 0 Å². The van der Waals surface area contributed by atoms with E-state index in [0.29, 0.717) is 17.7 Å². The van der Waals surface area contributed by atoms with Crippen LogP contribution in [0.3, 0.4) is 0 Å². The van der Waals surface area contributed by atoms with Gasteiger partial charge in [0.2, 0.25) is 0 Å². The van der Waals surface area contributed by atoms with Gasteiger partial charge in [0.05, 0.1) is 12.3 Å². The zero-order valence-electron chi connectivity index (χ0n) is 9.91. The Kier molecular flexibility index (Phi) is 3.74. The van der Waals surface area contributed by atoms with Gasteiger partial charge in [0.25, 0.3) is 0 Å². The molecule has 0 radical (unpaired) electrons. The van der Waals surface area contributed by atoms with Gasteiger partial charge < -0.3 is 4.42 Å². The van der Waals surface area contributed by atoms with Gasteiger partial charge in [-0.15, -0.1) is 0 Å². The number of benzene rings is 1. The van der Waals surface area contributed by atoms with E-state index in [4.69, 9.17) is 10.3 Å². The van der Waals surface area contributed by atoms with Crippen molar-refractivity contribution >= 4 is 0 Å². The van der Waals surface area contributed by atoms with Crippen LogP contribution in [0.15, 0.2) is 34.9 Å². The molecule has 3 nitrogen and oxygen atoms in total. The van der Waals surface area contributed by atoms with Gasteiger partial charge in [0.1, 0.15) is 5.76 Å². The van der Waals surface area contributed by atoms with Crippen molar-refractivity contribution in [2.75, 3.05) is 0 Å². The Balaban J connectivity index is 2.49. The predicted octanol–water partition coefficient (Wildman–Crippen LogP) is 2.67. The molecule has 96 valence electrons. The first-order chi connectivity index (χ1) is 8.69. The van der Waals surface area contributed by atoms with Crippen molar-refractivity contribution in [3.8, 4) is 0 Å². The van der Waals surface area contributed by atoms with Crippen LogP contribution in [0.4, 0.5) is 8.78 Å². The van der Waals surface area contributed by atoms with Gasteiger partial charge in [-0.05, 0) is 12.1 Å². The molecule has 0 amide bonds. The van der Waals surface area contributed by atoms with Gasteiger partial charge in [-0.2, -0.15) is 0 Å². The average Bonchev–Trinajstić information content (AvgIpc) is 2.83. The normalized spacial score (nSPS) is 12.7. The second kappa shape index (κ2) is 5.29. The lowest BCUT2D eigenvalue weighted by Gasteiger charge is -2.17. The van der Waals surface area contributed by atoms with E-state index in [9.17, 15) is 8.78 Å². The van der Waals surface area contributed by atoms with Crippen LogP contribution in [0.5, 0.6) is 0 Å². The van der Waals surface area contributed by atoms with Crippen LogP contribution in [0.2, 0.25) is 0 Å². The number of nitrogens with two attached hydrogens (primary N) is 1. The summed E-state index contributed by atoms with van der Waals surface area (Å²) in [4.78, 5) is 0. The van der Waals surface area contributed by atoms with E-state index in [2.05, 4.69) is 5.43 Å². The van der Waals surface area contributed by atoms with Crippen molar-refractivity contribution in [2.24, 2.45) is 5.84 Å². The summed E-state index contributed by atoms with van der Waals surface area (Å²) in [6, 6.07) is 5.09. The van der Waals surface area contributed by atoms with Crippen LogP contribution in [0.25, 0.3) is 0 Å². The highest BCUT2D eigenvalue weighted by Gasteiger charge is 2.22. The van der Waals surface area contributed by atoms with Crippen molar-refractivity contribution in [1.82, 2.24) is 5.43 Å². The maximum Gasteiger partial charge on any atom is 0.163 e. The third-order valence-corrected chi connectivity index (χ3v) is 2.87. The number of hydrazine groups is 1. The van der Waals surface area contributed by atoms with Gasteiger partial charge in [-0.25, -0.2) is 14.2 Å². The molecule has 5 heteroatoms. The number of nitrogens with one attached hydrogen (secondary N) is 1. The highest BCUT2D eigenvalue weighted by atomic mass is 19.2. The summed E-state index contributed by atoms with van der Waals surface area (Å²) in [5.74, 6) is 4.36. The minimum Gasteiger partial charge on any atom is -0.469 e. The van der Waals surface area contributed by atoms with Crippen LogP contribution in [-0.4, -0.2) is 0 Å². The summed E-state index contributed by atoms with van der Waals surface area (Å²) in [6.07, 6.45) is 2.16. The van der Waals surface area contributed by atoms with E-state index >= 15 is 0 Å². The summed E-state index contributed by atoms with van der Waals surface area (Å²) in [7, 11) is 0. The first-order valence-corrected chi connectivity index (χ1v) is 5.65. The lowest BCUT2D eigenvalue weighted by Crippen LogP contribution is -2.30. The van der Waals surface area contributed by atoms with Gasteiger partial charge in [0.15, 0.2) is 11.6 Å². The Morgan fingerprint density at radius 3 is 2.72 bits per heavy atom. The van der Waals surface area contributed by atoms with E-state index < -0.39 is 17.7 Å². The molecule has 1 atom stereocenters. The number of halogens is 2. The van der Waals surface area contributed by atoms with Gasteiger partial charge in [-0.1, -0.05) is 19.1 Å². The van der Waals surface area contributed by atoms with Gasteiger partial charge in [0, 0.05) is 17.5 Å². The average molecular weight is 252 g/mol. The highest BCUT2D eigenvalue weighted by molar-refractivity contribution is 5.34. The number of hydrogen-bond acceptors (Lipinski definition) is 3. The van der Waals surface area contributed by atoms with Crippen LogP contribution in [-0.2, 0) is 6.42 Å². The zero-order chi connectivity index (χ0) is 13.1. The Morgan fingerprint density at radius 1 is 1.28 bits per heavy atom. The van der Waals surface area contributed by atoms with E-state index in [1.165, 1.54) is 18.4 Å². The molecule has 0 aliphatic heterocycles. The molecular formula is C13H14F2N2O. The van der Waals surface area contributed by atoms with Crippen LogP contribution in [0.1, 0.15) is 29.9 Å². The summed E-state index contributed by atoms with van der Waals surface area (Å²) in [5, 5.41) is 0. The molecule has 0 aliphatic rings. The Hall–Kier alpha value is -1.72. The summed E-state index contributed by atoms with van der Waals surface area (Å²) < 4.78 is 32.3. The molecule has 2 aromatic rings. The molecule has 2 rings (SSSR count). The van der Waals surface area contributed by atoms with Crippen molar-refractivity contribution in [1.29, 1.82) is 0 Å². The van der Waals surface area contributed by atoms with Gasteiger partial charge >= 0.3 is 0 Å². The molecule has 1 unspecified atom stereocenters. The first-order valence-electron chi connectivity index (χ1n) is 5.65. The molecule has 1 aromatic carbocycles. The lowest BCUT2D eigenvalue weighted by atomic mass is 9.98. The molecule has 0 spiro atoms. The third-order valence-electron chi connectivity index (χ3n) is 2.87. The SMILES string of the molecule is CCc1occc1C(NN)c1cccc(F)c1F. The summed E-state index contributed by atoms with van der Waals surface area (Å²) >= 11 is 0. The Morgan fingerprint density at radius 2 is 2.06 bits per heavy atom. The van der Waals surface area contributed by atoms with Gasteiger partial charge in [-0.3, -0.25) is 5.84 Å². The second-order valence-corrected chi connectivity index (χ2v) is 3.90. The van der Waals surface area contributed by atoms with E-state index in [1.54, 1.807) is 6.07 Å². The second-order valence-electron chi connectivity index (χ2n) is 3.90. The Bertz CT molecular complexity index is 540. The molecule has 0 aliphatic carbocycles. The maximum atomic E-state index is 13.8. The van der Waals surface area contributed by atoms with E-state index in [0.717, 1.165) is 6.07 Å². The van der Waals surface area contributed by atoms with Crippen LogP contribution < -0.4 is 11.3 Å². The standard InChI is InChI=1S/C13H14F2N2O/c1-2-11-8(6-7-18-11)13(17-16)9-4-3-5-10(14)12(9)15/h3-7,13,17H,2,16H2,1H3. The van der Waals surface area contributed by atoms with Crippen molar-refractivity contribution in [3.63, 3.8) is 0 Å². The molecule has 0 bridgehead atoms. The lowest BCUT2D eigenvalue weighted by molar-refractivity contribution is 0.474. The number of aryl methyl sites for hydroxylation is 1. The summed E-state index contributed by atoms with van der Waals surface area (Å²) in [6.45, 7) is 1.91. The van der Waals surface area contributed by atoms with Crippen molar-refractivity contribution in [3.05, 3.63) is 59.1 Å². The van der Waals surface area contributed by atoms with Crippen LogP contribution in [0, 0.1) is 11.6 Å². The molecule has 18 heavy (non-hydrogen) atoms. The third kappa shape index (κ3) is 2.14. The fourth-order valence-electron chi connectivity index (χ4n) is 1.99. The van der Waals surface area contributed by atoms with Crippen molar-refractivity contribution < 1.29 is 13.2 Å². The first kappa shape index (κ1) is 12.7. The molecule has 3 N–H and O–H groups in total. The molecule has 1 heterocycles. The fourth-order valence-corrected chi connectivity index (χ4v) is 1.99. The zero-order valence-corrected chi connectivity index (χ0v) is 9.91.